The highest BCUT2D eigenvalue weighted by molar-refractivity contribution is 5.95. The maximum absolute atomic E-state index is 12.9. The van der Waals surface area contributed by atoms with E-state index < -0.39 is 17.4 Å². The number of hydrogen-bond donors (Lipinski definition) is 1. The Hall–Kier alpha value is -2.31. The highest BCUT2D eigenvalue weighted by Gasteiger charge is 2.34. The smallest absolute Gasteiger partial charge is 0.287 e. The Morgan fingerprint density at radius 2 is 1.65 bits per heavy atom. The number of nitrogens with one attached hydrogen (secondary N) is 1. The van der Waals surface area contributed by atoms with Crippen molar-refractivity contribution in [2.45, 2.75) is 40.7 Å². The number of carbonyl (C=O) groups is 3. The molecule has 1 N–H and O–H groups in total. The third-order valence-electron chi connectivity index (χ3n) is 4.48. The molecule has 26 heavy (non-hydrogen) atoms. The van der Waals surface area contributed by atoms with Crippen molar-refractivity contribution in [3.8, 4) is 0 Å². The van der Waals surface area contributed by atoms with E-state index in [1.807, 2.05) is 34.6 Å². The minimum atomic E-state index is -0.627. The van der Waals surface area contributed by atoms with Crippen molar-refractivity contribution in [2.24, 2.45) is 11.3 Å². The molecule has 144 valence electrons. The SMILES string of the molecule is CC(C)C(NC(=O)c1ccco1)C(=O)N1CCN(C(=O)C(C)(C)C)CC1. The molecule has 7 nitrogen and oxygen atoms in total. The molecule has 0 saturated carbocycles. The average molecular weight is 363 g/mol. The fraction of sp³-hybridized carbons (Fsp3) is 0.632. The topological polar surface area (TPSA) is 82.9 Å². The fourth-order valence-corrected chi connectivity index (χ4v) is 2.93. The monoisotopic (exact) mass is 363 g/mol. The third kappa shape index (κ3) is 4.65. The van der Waals surface area contributed by atoms with Crippen molar-refractivity contribution >= 4 is 17.7 Å². The van der Waals surface area contributed by atoms with Crippen LogP contribution in [0.5, 0.6) is 0 Å². The molecular weight excluding hydrogens is 334 g/mol. The van der Waals surface area contributed by atoms with Gasteiger partial charge < -0.3 is 19.5 Å². The number of carbonyl (C=O) groups excluding carboxylic acids is 3. The number of amides is 3. The van der Waals surface area contributed by atoms with Crippen LogP contribution in [0.25, 0.3) is 0 Å². The van der Waals surface area contributed by atoms with Crippen molar-refractivity contribution in [2.75, 3.05) is 26.2 Å². The predicted molar refractivity (Wildman–Crippen MR) is 97.4 cm³/mol. The van der Waals surface area contributed by atoms with Gasteiger partial charge in [-0.25, -0.2) is 0 Å². The van der Waals surface area contributed by atoms with Crippen molar-refractivity contribution in [3.05, 3.63) is 24.2 Å². The molecule has 0 aromatic carbocycles. The van der Waals surface area contributed by atoms with Gasteiger partial charge in [-0.1, -0.05) is 34.6 Å². The van der Waals surface area contributed by atoms with E-state index in [1.165, 1.54) is 6.26 Å². The van der Waals surface area contributed by atoms with Gasteiger partial charge in [0.2, 0.25) is 11.8 Å². The summed E-state index contributed by atoms with van der Waals surface area (Å²) in [6.07, 6.45) is 1.42. The third-order valence-corrected chi connectivity index (χ3v) is 4.48. The molecule has 1 unspecified atom stereocenters. The molecule has 1 saturated heterocycles. The molecule has 2 heterocycles. The number of hydrogen-bond acceptors (Lipinski definition) is 4. The molecule has 0 radical (unpaired) electrons. The van der Waals surface area contributed by atoms with Crippen LogP contribution in [-0.2, 0) is 9.59 Å². The largest absolute Gasteiger partial charge is 0.459 e. The lowest BCUT2D eigenvalue weighted by atomic mass is 9.94. The second-order valence-corrected chi connectivity index (χ2v) is 8.04. The molecule has 1 aliphatic heterocycles. The van der Waals surface area contributed by atoms with Crippen LogP contribution < -0.4 is 5.32 Å². The Labute approximate surface area is 154 Å². The van der Waals surface area contributed by atoms with Gasteiger partial charge in [0.15, 0.2) is 5.76 Å². The summed E-state index contributed by atoms with van der Waals surface area (Å²) in [5.74, 6) is -0.304. The molecule has 1 atom stereocenters. The van der Waals surface area contributed by atoms with Gasteiger partial charge in [0.1, 0.15) is 6.04 Å². The zero-order valence-corrected chi connectivity index (χ0v) is 16.2. The summed E-state index contributed by atoms with van der Waals surface area (Å²) < 4.78 is 5.09. The van der Waals surface area contributed by atoms with Gasteiger partial charge in [-0.15, -0.1) is 0 Å². The predicted octanol–water partition coefficient (Wildman–Crippen LogP) is 1.75. The van der Waals surface area contributed by atoms with E-state index in [0.29, 0.717) is 26.2 Å². The molecule has 0 bridgehead atoms. The first-order chi connectivity index (χ1) is 12.1. The summed E-state index contributed by atoms with van der Waals surface area (Å²) in [6, 6.07) is 2.57. The number of furan rings is 1. The maximum atomic E-state index is 12.9. The summed E-state index contributed by atoms with van der Waals surface area (Å²) in [5.41, 5.74) is -0.427. The van der Waals surface area contributed by atoms with Gasteiger partial charge in [-0.3, -0.25) is 14.4 Å². The molecule has 0 spiro atoms. The van der Waals surface area contributed by atoms with Gasteiger partial charge in [-0.2, -0.15) is 0 Å². The fourth-order valence-electron chi connectivity index (χ4n) is 2.93. The van der Waals surface area contributed by atoms with Crippen LogP contribution in [0.4, 0.5) is 0 Å². The van der Waals surface area contributed by atoms with Crippen LogP contribution in [0.3, 0.4) is 0 Å². The molecule has 1 fully saturated rings. The summed E-state index contributed by atoms with van der Waals surface area (Å²) in [7, 11) is 0. The molecule has 2 rings (SSSR count). The van der Waals surface area contributed by atoms with Crippen molar-refractivity contribution in [1.29, 1.82) is 0 Å². The lowest BCUT2D eigenvalue weighted by Gasteiger charge is -2.39. The van der Waals surface area contributed by atoms with Gasteiger partial charge >= 0.3 is 0 Å². The van der Waals surface area contributed by atoms with E-state index in [9.17, 15) is 14.4 Å². The molecule has 1 aromatic rings. The first-order valence-electron chi connectivity index (χ1n) is 9.04. The van der Waals surface area contributed by atoms with Crippen molar-refractivity contribution in [1.82, 2.24) is 15.1 Å². The lowest BCUT2D eigenvalue weighted by Crippen LogP contribution is -2.58. The maximum Gasteiger partial charge on any atom is 0.287 e. The number of rotatable bonds is 4. The standard InChI is InChI=1S/C19H29N3O4/c1-13(2)15(20-16(23)14-7-6-12-26-14)17(24)21-8-10-22(11-9-21)18(25)19(3,4)5/h6-7,12-13,15H,8-11H2,1-5H3,(H,20,23). The second kappa shape index (κ2) is 7.93. The first kappa shape index (κ1) is 20.0. The van der Waals surface area contributed by atoms with E-state index in [-0.39, 0.29) is 23.5 Å². The van der Waals surface area contributed by atoms with E-state index in [2.05, 4.69) is 5.32 Å². The van der Waals surface area contributed by atoms with Gasteiger partial charge in [0.25, 0.3) is 5.91 Å². The van der Waals surface area contributed by atoms with Crippen LogP contribution >= 0.6 is 0 Å². The minimum Gasteiger partial charge on any atom is -0.459 e. The molecule has 1 aromatic heterocycles. The van der Waals surface area contributed by atoms with E-state index >= 15 is 0 Å². The van der Waals surface area contributed by atoms with Crippen LogP contribution in [0, 0.1) is 11.3 Å². The summed E-state index contributed by atoms with van der Waals surface area (Å²) >= 11 is 0. The zero-order chi connectivity index (χ0) is 19.5. The average Bonchev–Trinajstić information content (AvgIpc) is 3.12. The van der Waals surface area contributed by atoms with Crippen molar-refractivity contribution in [3.63, 3.8) is 0 Å². The first-order valence-corrected chi connectivity index (χ1v) is 9.04. The quantitative estimate of drug-likeness (QED) is 0.883. The second-order valence-electron chi connectivity index (χ2n) is 8.04. The molecule has 7 heteroatoms. The Balaban J connectivity index is 1.98. The zero-order valence-electron chi connectivity index (χ0n) is 16.2. The van der Waals surface area contributed by atoms with Crippen LogP contribution in [0.2, 0.25) is 0 Å². The van der Waals surface area contributed by atoms with E-state index in [4.69, 9.17) is 4.42 Å². The minimum absolute atomic E-state index is 0.0596. The Morgan fingerprint density at radius 1 is 1.08 bits per heavy atom. The Kier molecular flexibility index (Phi) is 6.10. The molecule has 3 amide bonds. The Bertz CT molecular complexity index is 638. The van der Waals surface area contributed by atoms with Gasteiger partial charge in [-0.05, 0) is 18.1 Å². The highest BCUT2D eigenvalue weighted by atomic mass is 16.3. The number of piperazine rings is 1. The van der Waals surface area contributed by atoms with Crippen LogP contribution in [-0.4, -0.2) is 59.7 Å². The van der Waals surface area contributed by atoms with E-state index in [0.717, 1.165) is 0 Å². The Morgan fingerprint density at radius 3 is 2.12 bits per heavy atom. The van der Waals surface area contributed by atoms with Crippen LogP contribution in [0.1, 0.15) is 45.2 Å². The van der Waals surface area contributed by atoms with Crippen LogP contribution in [0.15, 0.2) is 22.8 Å². The van der Waals surface area contributed by atoms with Crippen molar-refractivity contribution < 1.29 is 18.8 Å². The molecular formula is C19H29N3O4. The normalized spacial score (nSPS) is 16.5. The lowest BCUT2D eigenvalue weighted by molar-refractivity contribution is -0.145. The molecule has 1 aliphatic rings. The summed E-state index contributed by atoms with van der Waals surface area (Å²) in [4.78, 5) is 41.0. The van der Waals surface area contributed by atoms with Gasteiger partial charge in [0, 0.05) is 31.6 Å². The molecule has 0 aliphatic carbocycles. The van der Waals surface area contributed by atoms with E-state index in [1.54, 1.807) is 21.9 Å². The summed E-state index contributed by atoms with van der Waals surface area (Å²) in [5, 5.41) is 2.77. The summed E-state index contributed by atoms with van der Waals surface area (Å²) in [6.45, 7) is 11.4. The van der Waals surface area contributed by atoms with Gasteiger partial charge in [0.05, 0.1) is 6.26 Å². The highest BCUT2D eigenvalue weighted by Crippen LogP contribution is 2.19. The number of nitrogens with zero attached hydrogens (tertiary/aromatic N) is 2.